The molecule has 4 aromatic heterocycles. The summed E-state index contributed by atoms with van der Waals surface area (Å²) in [5, 5.41) is 25.0. The maximum atomic E-state index is 13.1. The monoisotopic (exact) mass is 1000 g/mol. The van der Waals surface area contributed by atoms with E-state index in [9.17, 15) is 58.0 Å². The summed E-state index contributed by atoms with van der Waals surface area (Å²) in [6, 6.07) is 17.2. The van der Waals surface area contributed by atoms with Gasteiger partial charge in [-0.05, 0) is 59.7 Å². The van der Waals surface area contributed by atoms with Crippen molar-refractivity contribution in [1.82, 2.24) is 39.2 Å². The summed E-state index contributed by atoms with van der Waals surface area (Å²) in [5.41, 5.74) is 0.694. The van der Waals surface area contributed by atoms with Crippen LogP contribution in [-0.4, -0.2) is 130 Å². The molecule has 25 heteroatoms. The molecule has 2 aliphatic heterocycles. The lowest BCUT2D eigenvalue weighted by Crippen LogP contribution is -2.45. The van der Waals surface area contributed by atoms with E-state index in [0.717, 1.165) is 16.8 Å². The van der Waals surface area contributed by atoms with Crippen molar-refractivity contribution in [2.45, 2.75) is 23.6 Å². The van der Waals surface area contributed by atoms with E-state index in [-0.39, 0.29) is 78.5 Å². The van der Waals surface area contributed by atoms with Crippen LogP contribution in [0.15, 0.2) is 85.2 Å². The Hall–Kier alpha value is -6.12. The number of amides is 2. The zero-order chi connectivity index (χ0) is 48.4. The minimum atomic E-state index is -3.82. The number of benzene rings is 2. The number of fused-ring (bicyclic) bond motifs is 2. The molecule has 2 fully saturated rings. The predicted octanol–water partition coefficient (Wildman–Crippen LogP) is 2.61. The van der Waals surface area contributed by atoms with Crippen LogP contribution in [0.1, 0.15) is 54.0 Å². The van der Waals surface area contributed by atoms with Crippen LogP contribution in [0.3, 0.4) is 0 Å². The van der Waals surface area contributed by atoms with Gasteiger partial charge in [-0.1, -0.05) is 24.3 Å². The zero-order valence-corrected chi connectivity index (χ0v) is 38.8. The number of carbonyl (C=O) groups excluding carboxylic acids is 2. The molecule has 0 spiro atoms. The van der Waals surface area contributed by atoms with Crippen molar-refractivity contribution < 1.29 is 58.0 Å². The van der Waals surface area contributed by atoms with Crippen molar-refractivity contribution >= 4 is 74.3 Å². The fourth-order valence-corrected chi connectivity index (χ4v) is 12.6. The first-order valence-electron chi connectivity index (χ1n) is 20.1. The molecule has 67 heavy (non-hydrogen) atoms. The van der Waals surface area contributed by atoms with Gasteiger partial charge in [-0.2, -0.15) is 8.61 Å². The van der Waals surface area contributed by atoms with Crippen LogP contribution in [-0.2, 0) is 53.8 Å². The minimum Gasteiger partial charge on any atom is -0.504 e. The highest BCUT2D eigenvalue weighted by Gasteiger charge is 2.40. The van der Waals surface area contributed by atoms with E-state index in [1.807, 2.05) is 0 Å². The summed E-state index contributed by atoms with van der Waals surface area (Å²) in [5.74, 6) is -3.61. The van der Waals surface area contributed by atoms with Gasteiger partial charge in [0.2, 0.25) is 20.0 Å². The van der Waals surface area contributed by atoms with Gasteiger partial charge in [-0.15, -0.1) is 0 Å². The lowest BCUT2D eigenvalue weighted by molar-refractivity contribution is 0.0934. The first kappa shape index (κ1) is 48.8. The van der Waals surface area contributed by atoms with E-state index in [1.54, 1.807) is 12.1 Å². The summed E-state index contributed by atoms with van der Waals surface area (Å²) in [6.07, 6.45) is 4.87. The quantitative estimate of drug-likeness (QED) is 0.154. The second-order valence-electron chi connectivity index (χ2n) is 15.5. The molecule has 6 heterocycles. The number of halogens is 2. The fourth-order valence-electron chi connectivity index (χ4n) is 7.36. The number of hydrogen-bond donors (Lipinski definition) is 4. The number of pyridine rings is 4. The van der Waals surface area contributed by atoms with E-state index < -0.39 is 97.6 Å². The first-order valence-corrected chi connectivity index (χ1v) is 26.9. The molecule has 2 aliphatic rings. The average Bonchev–Trinajstić information content (AvgIpc) is 3.29. The van der Waals surface area contributed by atoms with Crippen molar-refractivity contribution in [2.24, 2.45) is 0 Å². The summed E-state index contributed by atoms with van der Waals surface area (Å²) in [4.78, 5) is 42.5. The van der Waals surface area contributed by atoms with E-state index in [1.165, 1.54) is 77.4 Å². The summed E-state index contributed by atoms with van der Waals surface area (Å²) in [7, 11) is -12.5. The molecular formula is C42H42F2N8O11S4. The number of sulfone groups is 1. The Balaban J connectivity index is 0.000000199. The number of carbonyl (C=O) groups is 2. The molecule has 3 atom stereocenters. The average molecular weight is 1000 g/mol. The highest BCUT2D eigenvalue weighted by molar-refractivity contribution is 7.92. The van der Waals surface area contributed by atoms with Crippen molar-refractivity contribution in [2.75, 3.05) is 50.2 Å². The van der Waals surface area contributed by atoms with Gasteiger partial charge < -0.3 is 20.8 Å². The van der Waals surface area contributed by atoms with Gasteiger partial charge in [0.25, 0.3) is 11.8 Å². The highest BCUT2D eigenvalue weighted by atomic mass is 32.2. The van der Waals surface area contributed by atoms with Crippen molar-refractivity contribution in [3.8, 4) is 11.5 Å². The fraction of sp³-hybridized carbons (Fsp3) is 0.286. The Kier molecular flexibility index (Phi) is 14.3. The number of sulfonamides is 2. The largest absolute Gasteiger partial charge is 0.504 e. The lowest BCUT2D eigenvalue weighted by atomic mass is 10.1. The smallest absolute Gasteiger partial charge is 0.274 e. The molecule has 19 nitrogen and oxygen atoms in total. The van der Waals surface area contributed by atoms with Gasteiger partial charge in [0.05, 0.1) is 34.9 Å². The molecule has 4 N–H and O–H groups in total. The van der Waals surface area contributed by atoms with Crippen LogP contribution < -0.4 is 10.6 Å². The molecule has 2 saturated heterocycles. The second-order valence-corrected chi connectivity index (χ2v) is 23.5. The number of hydrogen-bond acceptors (Lipinski definition) is 15. The SMILES string of the molecule is CS(=O)(=O)N1CCS(=O)(=O)C(c2nc(C(=O)NCc3ccc(F)cc3)c(O)c3ncccc23)C1.CS(=O)(=O)N1CCS(=O)C(c2nc(C(=O)NCc3ccc(F)cc3)c(O)c3ncccc23)C1. The van der Waals surface area contributed by atoms with Gasteiger partial charge in [0.15, 0.2) is 32.7 Å². The molecule has 8 rings (SSSR count). The molecule has 3 unspecified atom stereocenters. The van der Waals surface area contributed by atoms with Crippen molar-refractivity contribution in [3.05, 3.63) is 131 Å². The number of nitrogens with one attached hydrogen (secondary N) is 2. The third-order valence-corrected chi connectivity index (χ3v) is 17.0. The van der Waals surface area contributed by atoms with Gasteiger partial charge in [-0.25, -0.2) is 44.0 Å². The van der Waals surface area contributed by atoms with Gasteiger partial charge in [-0.3, -0.25) is 23.8 Å². The zero-order valence-electron chi connectivity index (χ0n) is 35.5. The van der Waals surface area contributed by atoms with Gasteiger partial charge in [0, 0.05) is 79.0 Å². The summed E-state index contributed by atoms with van der Waals surface area (Å²) >= 11 is 0. The minimum absolute atomic E-state index is 0.000590. The van der Waals surface area contributed by atoms with Crippen LogP contribution in [0, 0.1) is 11.6 Å². The second kappa shape index (κ2) is 19.6. The highest BCUT2D eigenvalue weighted by Crippen LogP contribution is 2.37. The van der Waals surface area contributed by atoms with Crippen LogP contribution in [0.25, 0.3) is 21.8 Å². The standard InChI is InChI=1S/C21H21FN4O6S2.C21H21FN4O5S2/c1-33(29,30)26-9-10-34(31,32)16(12-26)17-15-3-2-8-23-18(15)20(27)19(25-17)21(28)24-11-13-4-6-14(22)7-5-13;1-33(30,31)26-9-10-32(29)16(12-26)17-15-3-2-8-23-18(15)20(27)19(25-17)21(28)24-11-13-4-6-14(22)7-5-13/h2-8,16,27H,9-12H2,1H3,(H,24,28);2-8,16,27H,9-12H2,1H3,(H,24,28). The number of aromatic hydroxyl groups is 2. The van der Waals surface area contributed by atoms with E-state index in [4.69, 9.17) is 0 Å². The normalized spacial score (nSPS) is 19.0. The molecule has 0 radical (unpaired) electrons. The van der Waals surface area contributed by atoms with Crippen LogP contribution in [0.2, 0.25) is 0 Å². The Morgan fingerprint density at radius 2 is 1.16 bits per heavy atom. The Labute approximate surface area is 385 Å². The summed E-state index contributed by atoms with van der Waals surface area (Å²) in [6.45, 7) is -0.436. The van der Waals surface area contributed by atoms with E-state index in [2.05, 4.69) is 30.6 Å². The third-order valence-electron chi connectivity index (χ3n) is 10.9. The molecule has 0 aliphatic carbocycles. The Bertz CT molecular complexity index is 3260. The maximum Gasteiger partial charge on any atom is 0.274 e. The van der Waals surface area contributed by atoms with Crippen molar-refractivity contribution in [3.63, 3.8) is 0 Å². The van der Waals surface area contributed by atoms with Crippen LogP contribution in [0.5, 0.6) is 11.5 Å². The number of aromatic nitrogens is 4. The number of rotatable bonds is 10. The third kappa shape index (κ3) is 11.0. The molecular weight excluding hydrogens is 959 g/mol. The maximum absolute atomic E-state index is 13.1. The van der Waals surface area contributed by atoms with Gasteiger partial charge >= 0.3 is 0 Å². The summed E-state index contributed by atoms with van der Waals surface area (Å²) < 4.78 is 115. The molecule has 0 saturated carbocycles. The molecule has 6 aromatic rings. The topological polar surface area (TPSA) is 276 Å². The number of nitrogens with zero attached hydrogens (tertiary/aromatic N) is 6. The van der Waals surface area contributed by atoms with Crippen LogP contribution in [0.4, 0.5) is 8.78 Å². The van der Waals surface area contributed by atoms with E-state index >= 15 is 0 Å². The van der Waals surface area contributed by atoms with Gasteiger partial charge in [0.1, 0.15) is 27.9 Å². The predicted molar refractivity (Wildman–Crippen MR) is 243 cm³/mol. The Morgan fingerprint density at radius 3 is 1.64 bits per heavy atom. The lowest BCUT2D eigenvalue weighted by Gasteiger charge is -2.31. The van der Waals surface area contributed by atoms with Crippen LogP contribution >= 0.6 is 0 Å². The molecule has 0 bridgehead atoms. The Morgan fingerprint density at radius 1 is 0.716 bits per heavy atom. The van der Waals surface area contributed by atoms with Crippen molar-refractivity contribution in [1.29, 1.82) is 0 Å². The molecule has 2 amide bonds. The first-order chi connectivity index (χ1) is 31.6. The molecule has 2 aromatic carbocycles. The molecule has 354 valence electrons. The van der Waals surface area contributed by atoms with E-state index in [0.29, 0.717) is 16.5 Å².